The molecule has 1 aromatic carbocycles. The van der Waals surface area contributed by atoms with E-state index in [-0.39, 0.29) is 17.7 Å². The van der Waals surface area contributed by atoms with Crippen molar-refractivity contribution in [1.82, 2.24) is 0 Å². The lowest BCUT2D eigenvalue weighted by atomic mass is 10.1. The summed E-state index contributed by atoms with van der Waals surface area (Å²) in [6.45, 7) is 0. The summed E-state index contributed by atoms with van der Waals surface area (Å²) in [4.78, 5) is 0. The van der Waals surface area contributed by atoms with Crippen LogP contribution in [-0.4, -0.2) is 14.2 Å². The Hall–Kier alpha value is -1.32. The first-order valence-corrected chi connectivity index (χ1v) is 4.72. The Morgan fingerprint density at radius 1 is 1.13 bits per heavy atom. The van der Waals surface area contributed by atoms with Gasteiger partial charge < -0.3 is 9.47 Å². The standard InChI is InChI=1S/C11H12F2O2/c1-14-8-3-4-9(15-2)10-7(8)5-6-11(10,12)13/h3-4H,5-6H2,1-2H3. The third-order valence-corrected chi connectivity index (χ3v) is 2.73. The van der Waals surface area contributed by atoms with Crippen molar-refractivity contribution in [2.75, 3.05) is 14.2 Å². The van der Waals surface area contributed by atoms with Crippen molar-refractivity contribution in [3.05, 3.63) is 23.3 Å². The van der Waals surface area contributed by atoms with Gasteiger partial charge in [0.2, 0.25) is 0 Å². The summed E-state index contributed by atoms with van der Waals surface area (Å²) >= 11 is 0. The van der Waals surface area contributed by atoms with Gasteiger partial charge in [0.25, 0.3) is 5.92 Å². The number of methoxy groups -OCH3 is 2. The summed E-state index contributed by atoms with van der Waals surface area (Å²) in [5.74, 6) is -2.04. The molecule has 0 unspecified atom stereocenters. The van der Waals surface area contributed by atoms with Gasteiger partial charge in [-0.15, -0.1) is 0 Å². The van der Waals surface area contributed by atoms with E-state index >= 15 is 0 Å². The molecule has 0 radical (unpaired) electrons. The Morgan fingerprint density at radius 2 is 1.73 bits per heavy atom. The van der Waals surface area contributed by atoms with Gasteiger partial charge in [-0.3, -0.25) is 0 Å². The van der Waals surface area contributed by atoms with Crippen LogP contribution in [0.25, 0.3) is 0 Å². The monoisotopic (exact) mass is 214 g/mol. The van der Waals surface area contributed by atoms with Crippen LogP contribution < -0.4 is 9.47 Å². The highest BCUT2D eigenvalue weighted by Gasteiger charge is 2.43. The molecule has 0 fully saturated rings. The van der Waals surface area contributed by atoms with E-state index in [4.69, 9.17) is 9.47 Å². The second kappa shape index (κ2) is 3.36. The minimum atomic E-state index is -2.80. The van der Waals surface area contributed by atoms with Gasteiger partial charge in [0.05, 0.1) is 19.8 Å². The fourth-order valence-electron chi connectivity index (χ4n) is 2.02. The molecule has 1 aliphatic rings. The van der Waals surface area contributed by atoms with Crippen LogP contribution in [-0.2, 0) is 12.3 Å². The van der Waals surface area contributed by atoms with Crippen LogP contribution in [0.5, 0.6) is 11.5 Å². The first-order chi connectivity index (χ1) is 7.10. The predicted molar refractivity (Wildman–Crippen MR) is 51.8 cm³/mol. The molecule has 0 N–H and O–H groups in total. The van der Waals surface area contributed by atoms with Crippen LogP contribution in [0.2, 0.25) is 0 Å². The van der Waals surface area contributed by atoms with Gasteiger partial charge in [-0.1, -0.05) is 0 Å². The Morgan fingerprint density at radius 3 is 2.33 bits per heavy atom. The third kappa shape index (κ3) is 1.44. The summed E-state index contributed by atoms with van der Waals surface area (Å²) in [5.41, 5.74) is 0.561. The van der Waals surface area contributed by atoms with Crippen LogP contribution in [0.4, 0.5) is 8.78 Å². The van der Waals surface area contributed by atoms with Crippen LogP contribution >= 0.6 is 0 Å². The van der Waals surface area contributed by atoms with E-state index in [1.165, 1.54) is 20.3 Å². The Balaban J connectivity index is 2.63. The van der Waals surface area contributed by atoms with E-state index < -0.39 is 5.92 Å². The molecule has 0 bridgehead atoms. The van der Waals surface area contributed by atoms with E-state index in [2.05, 4.69) is 0 Å². The molecule has 2 nitrogen and oxygen atoms in total. The zero-order valence-electron chi connectivity index (χ0n) is 8.64. The summed E-state index contributed by atoms with van der Waals surface area (Å²) in [5, 5.41) is 0. The molecule has 1 aromatic rings. The van der Waals surface area contributed by atoms with Crippen LogP contribution in [0.3, 0.4) is 0 Å². The molecule has 0 atom stereocenters. The zero-order chi connectivity index (χ0) is 11.1. The smallest absolute Gasteiger partial charge is 0.277 e. The minimum absolute atomic E-state index is 0.00986. The third-order valence-electron chi connectivity index (χ3n) is 2.73. The molecule has 15 heavy (non-hydrogen) atoms. The number of alkyl halides is 2. The fourth-order valence-corrected chi connectivity index (χ4v) is 2.02. The summed E-state index contributed by atoms with van der Waals surface area (Å²) in [6.07, 6.45) is 0.168. The average molecular weight is 214 g/mol. The normalized spacial score (nSPS) is 17.3. The van der Waals surface area contributed by atoms with Gasteiger partial charge in [0.15, 0.2) is 0 Å². The highest BCUT2D eigenvalue weighted by atomic mass is 19.3. The van der Waals surface area contributed by atoms with Crippen molar-refractivity contribution >= 4 is 0 Å². The number of ether oxygens (including phenoxy) is 2. The molecule has 4 heteroatoms. The van der Waals surface area contributed by atoms with Crippen LogP contribution in [0.15, 0.2) is 12.1 Å². The second-order valence-electron chi connectivity index (χ2n) is 3.53. The summed E-state index contributed by atoms with van der Waals surface area (Å²) in [7, 11) is 2.88. The fraction of sp³-hybridized carbons (Fsp3) is 0.455. The van der Waals surface area contributed by atoms with Crippen molar-refractivity contribution in [3.63, 3.8) is 0 Å². The van der Waals surface area contributed by atoms with Gasteiger partial charge in [0, 0.05) is 12.0 Å². The van der Waals surface area contributed by atoms with Crippen molar-refractivity contribution in [2.45, 2.75) is 18.8 Å². The van der Waals surface area contributed by atoms with Crippen molar-refractivity contribution in [2.24, 2.45) is 0 Å². The molecule has 1 aliphatic carbocycles. The molecule has 0 saturated heterocycles. The molecule has 0 spiro atoms. The number of rotatable bonds is 2. The summed E-state index contributed by atoms with van der Waals surface area (Å²) in [6, 6.07) is 3.19. The highest BCUT2D eigenvalue weighted by molar-refractivity contribution is 5.53. The highest BCUT2D eigenvalue weighted by Crippen LogP contribution is 2.49. The lowest BCUT2D eigenvalue weighted by molar-refractivity contribution is -0.00382. The Labute approximate surface area is 86.8 Å². The van der Waals surface area contributed by atoms with E-state index in [9.17, 15) is 8.78 Å². The van der Waals surface area contributed by atoms with Gasteiger partial charge in [0.1, 0.15) is 11.5 Å². The average Bonchev–Trinajstić information content (AvgIpc) is 2.55. The minimum Gasteiger partial charge on any atom is -0.496 e. The molecule has 0 saturated carbocycles. The molecule has 0 aromatic heterocycles. The molecular weight excluding hydrogens is 202 g/mol. The number of fused-ring (bicyclic) bond motifs is 1. The van der Waals surface area contributed by atoms with Crippen molar-refractivity contribution in [3.8, 4) is 11.5 Å². The zero-order valence-corrected chi connectivity index (χ0v) is 8.64. The number of hydrogen-bond donors (Lipinski definition) is 0. The molecule has 0 aliphatic heterocycles. The summed E-state index contributed by atoms with van der Waals surface area (Å²) < 4.78 is 37.1. The molecule has 82 valence electrons. The molecule has 2 rings (SSSR count). The quantitative estimate of drug-likeness (QED) is 0.753. The maximum absolute atomic E-state index is 13.6. The lowest BCUT2D eigenvalue weighted by Crippen LogP contribution is -2.09. The maximum Gasteiger partial charge on any atom is 0.277 e. The maximum atomic E-state index is 13.6. The lowest BCUT2D eigenvalue weighted by Gasteiger charge is -2.15. The van der Waals surface area contributed by atoms with E-state index in [1.807, 2.05) is 0 Å². The van der Waals surface area contributed by atoms with Crippen LogP contribution in [0, 0.1) is 0 Å². The van der Waals surface area contributed by atoms with E-state index in [1.54, 1.807) is 6.07 Å². The van der Waals surface area contributed by atoms with Gasteiger partial charge in [-0.25, -0.2) is 8.78 Å². The Bertz CT molecular complexity index is 388. The van der Waals surface area contributed by atoms with Crippen molar-refractivity contribution in [1.29, 1.82) is 0 Å². The number of hydrogen-bond acceptors (Lipinski definition) is 2. The largest absolute Gasteiger partial charge is 0.496 e. The first kappa shape index (κ1) is 10.2. The number of halogens is 2. The van der Waals surface area contributed by atoms with E-state index in [0.717, 1.165) is 0 Å². The van der Waals surface area contributed by atoms with Gasteiger partial charge in [-0.2, -0.15) is 0 Å². The second-order valence-corrected chi connectivity index (χ2v) is 3.53. The predicted octanol–water partition coefficient (Wildman–Crippen LogP) is 2.74. The van der Waals surface area contributed by atoms with E-state index in [0.29, 0.717) is 17.7 Å². The number of benzene rings is 1. The molecule has 0 heterocycles. The first-order valence-electron chi connectivity index (χ1n) is 4.72. The molecule has 0 amide bonds. The van der Waals surface area contributed by atoms with Crippen LogP contribution in [0.1, 0.15) is 17.5 Å². The topological polar surface area (TPSA) is 18.5 Å². The SMILES string of the molecule is COc1ccc(OC)c2c1CCC2(F)F. The van der Waals surface area contributed by atoms with Gasteiger partial charge >= 0.3 is 0 Å². The van der Waals surface area contributed by atoms with Gasteiger partial charge in [-0.05, 0) is 18.6 Å². The molecular formula is C11H12F2O2. The Kier molecular flexibility index (Phi) is 2.29. The van der Waals surface area contributed by atoms with Crippen molar-refractivity contribution < 1.29 is 18.3 Å².